The van der Waals surface area contributed by atoms with Crippen LogP contribution in [0, 0.1) is 0 Å². The molecule has 4 aromatic carbocycles. The Morgan fingerprint density at radius 3 is 2.08 bits per heavy atom. The number of hydrogen-bond acceptors (Lipinski definition) is 7. The quantitative estimate of drug-likeness (QED) is 0.166. The van der Waals surface area contributed by atoms with Crippen LogP contribution in [0.25, 0.3) is 10.8 Å². The largest absolute Gasteiger partial charge is 0.493 e. The standard InChI is InChI=1S/C28H24N2O6/c1-33-24-15-20(16-25(34-2)26(24)35-3)27(31)30-29-17-22-21-12-8-7-9-18(21)13-14-23(22)36-28(32)19-10-5-4-6-11-19/h4-17H,1-3H3,(H,30,31)/b29-17-. The van der Waals surface area contributed by atoms with Gasteiger partial charge in [-0.05, 0) is 41.1 Å². The highest BCUT2D eigenvalue weighted by Gasteiger charge is 2.17. The van der Waals surface area contributed by atoms with Crippen molar-refractivity contribution in [3.05, 3.63) is 95.6 Å². The summed E-state index contributed by atoms with van der Waals surface area (Å²) in [6.07, 6.45) is 1.45. The van der Waals surface area contributed by atoms with E-state index in [4.69, 9.17) is 18.9 Å². The summed E-state index contributed by atoms with van der Waals surface area (Å²) in [4.78, 5) is 25.5. The number of hydrogen-bond donors (Lipinski definition) is 1. The average Bonchev–Trinajstić information content (AvgIpc) is 2.93. The third-order valence-electron chi connectivity index (χ3n) is 5.43. The number of hydrazone groups is 1. The molecule has 4 aromatic rings. The molecule has 0 aromatic heterocycles. The molecule has 0 aliphatic rings. The maximum absolute atomic E-state index is 12.8. The Morgan fingerprint density at radius 2 is 1.42 bits per heavy atom. The van der Waals surface area contributed by atoms with Crippen LogP contribution in [0.5, 0.6) is 23.0 Å². The van der Waals surface area contributed by atoms with Crippen molar-refractivity contribution in [1.29, 1.82) is 0 Å². The van der Waals surface area contributed by atoms with Gasteiger partial charge >= 0.3 is 5.97 Å². The highest BCUT2D eigenvalue weighted by Crippen LogP contribution is 2.38. The number of carbonyl (C=O) groups excluding carboxylic acids is 2. The Balaban J connectivity index is 1.63. The molecule has 0 aliphatic carbocycles. The van der Waals surface area contributed by atoms with E-state index in [1.165, 1.54) is 39.7 Å². The van der Waals surface area contributed by atoms with E-state index < -0.39 is 11.9 Å². The molecule has 8 heteroatoms. The first-order valence-electron chi connectivity index (χ1n) is 11.0. The second-order valence-corrected chi connectivity index (χ2v) is 7.57. The molecule has 0 saturated carbocycles. The van der Waals surface area contributed by atoms with Crippen LogP contribution in [0.15, 0.2) is 84.0 Å². The Morgan fingerprint density at radius 1 is 0.750 bits per heavy atom. The molecule has 0 fully saturated rings. The monoisotopic (exact) mass is 484 g/mol. The van der Waals surface area contributed by atoms with Crippen LogP contribution < -0.4 is 24.4 Å². The Kier molecular flexibility index (Phi) is 7.45. The van der Waals surface area contributed by atoms with Crippen LogP contribution in [0.3, 0.4) is 0 Å². The van der Waals surface area contributed by atoms with E-state index in [-0.39, 0.29) is 5.56 Å². The molecule has 0 aliphatic heterocycles. The molecule has 182 valence electrons. The van der Waals surface area contributed by atoms with Crippen LogP contribution in [-0.2, 0) is 0 Å². The lowest BCUT2D eigenvalue weighted by Gasteiger charge is -2.13. The van der Waals surface area contributed by atoms with Gasteiger partial charge in [-0.15, -0.1) is 0 Å². The first kappa shape index (κ1) is 24.3. The number of benzene rings is 4. The SMILES string of the molecule is COc1cc(C(=O)N/N=C\c2c(OC(=O)c3ccccc3)ccc3ccccc23)cc(OC)c1OC. The summed E-state index contributed by atoms with van der Waals surface area (Å²) in [5.74, 6) is 0.384. The fourth-order valence-corrected chi connectivity index (χ4v) is 3.66. The Labute approximate surface area is 208 Å². The Hall–Kier alpha value is -4.85. The van der Waals surface area contributed by atoms with E-state index in [2.05, 4.69) is 10.5 Å². The van der Waals surface area contributed by atoms with E-state index in [9.17, 15) is 9.59 Å². The van der Waals surface area contributed by atoms with Crippen LogP contribution >= 0.6 is 0 Å². The summed E-state index contributed by atoms with van der Waals surface area (Å²) in [5.41, 5.74) is 3.73. The zero-order chi connectivity index (χ0) is 25.5. The van der Waals surface area contributed by atoms with Crippen LogP contribution in [0.1, 0.15) is 26.3 Å². The number of amides is 1. The summed E-state index contributed by atoms with van der Waals surface area (Å²) in [6.45, 7) is 0. The second kappa shape index (κ2) is 11.1. The van der Waals surface area contributed by atoms with Gasteiger partial charge in [0.2, 0.25) is 5.75 Å². The number of nitrogens with zero attached hydrogens (tertiary/aromatic N) is 1. The molecule has 36 heavy (non-hydrogen) atoms. The van der Waals surface area contributed by atoms with Crippen molar-refractivity contribution in [3.63, 3.8) is 0 Å². The smallest absolute Gasteiger partial charge is 0.343 e. The lowest BCUT2D eigenvalue weighted by Crippen LogP contribution is -2.18. The third kappa shape index (κ3) is 5.12. The summed E-state index contributed by atoms with van der Waals surface area (Å²) in [6, 6.07) is 22.9. The summed E-state index contributed by atoms with van der Waals surface area (Å²) in [7, 11) is 4.42. The fourth-order valence-electron chi connectivity index (χ4n) is 3.66. The van der Waals surface area contributed by atoms with Gasteiger partial charge in [0.05, 0.1) is 33.1 Å². The van der Waals surface area contributed by atoms with E-state index >= 15 is 0 Å². The van der Waals surface area contributed by atoms with Gasteiger partial charge in [-0.1, -0.05) is 48.5 Å². The average molecular weight is 485 g/mol. The number of ether oxygens (including phenoxy) is 4. The molecule has 1 amide bonds. The van der Waals surface area contributed by atoms with Gasteiger partial charge in [0, 0.05) is 11.1 Å². The minimum Gasteiger partial charge on any atom is -0.493 e. The molecule has 0 heterocycles. The number of methoxy groups -OCH3 is 3. The van der Waals surface area contributed by atoms with Gasteiger partial charge in [0.1, 0.15) is 5.75 Å². The van der Waals surface area contributed by atoms with E-state index in [1.54, 1.807) is 30.3 Å². The van der Waals surface area contributed by atoms with Crippen molar-refractivity contribution in [2.45, 2.75) is 0 Å². The number of carbonyl (C=O) groups is 2. The van der Waals surface area contributed by atoms with Gasteiger partial charge in [-0.3, -0.25) is 4.79 Å². The molecule has 0 saturated heterocycles. The first-order valence-corrected chi connectivity index (χ1v) is 11.0. The summed E-state index contributed by atoms with van der Waals surface area (Å²) < 4.78 is 21.6. The number of nitrogens with one attached hydrogen (secondary N) is 1. The number of rotatable bonds is 8. The van der Waals surface area contributed by atoms with Gasteiger partial charge < -0.3 is 18.9 Å². The lowest BCUT2D eigenvalue weighted by atomic mass is 10.0. The summed E-state index contributed by atoms with van der Waals surface area (Å²) in [5, 5.41) is 5.87. The molecule has 8 nitrogen and oxygen atoms in total. The van der Waals surface area contributed by atoms with Crippen LogP contribution in [0.2, 0.25) is 0 Å². The first-order chi connectivity index (χ1) is 17.5. The second-order valence-electron chi connectivity index (χ2n) is 7.57. The topological polar surface area (TPSA) is 95.5 Å². The maximum Gasteiger partial charge on any atom is 0.343 e. The van der Waals surface area contributed by atoms with Crippen molar-refractivity contribution in [1.82, 2.24) is 5.43 Å². The molecule has 0 radical (unpaired) electrons. The number of esters is 1. The molecular formula is C28H24N2O6. The highest BCUT2D eigenvalue weighted by atomic mass is 16.5. The molecule has 0 spiro atoms. The Bertz CT molecular complexity index is 1410. The van der Waals surface area contributed by atoms with Crippen molar-refractivity contribution in [3.8, 4) is 23.0 Å². The molecule has 1 N–H and O–H groups in total. The molecule has 0 bridgehead atoms. The number of fused-ring (bicyclic) bond motifs is 1. The van der Waals surface area contributed by atoms with Crippen molar-refractivity contribution < 1.29 is 28.5 Å². The molecule has 0 atom stereocenters. The lowest BCUT2D eigenvalue weighted by molar-refractivity contribution is 0.0734. The highest BCUT2D eigenvalue weighted by molar-refractivity contribution is 6.04. The fraction of sp³-hybridized carbons (Fsp3) is 0.107. The maximum atomic E-state index is 12.8. The predicted molar refractivity (Wildman–Crippen MR) is 137 cm³/mol. The van der Waals surface area contributed by atoms with Gasteiger partial charge in [0.25, 0.3) is 5.91 Å². The van der Waals surface area contributed by atoms with E-state index in [0.717, 1.165) is 10.8 Å². The summed E-state index contributed by atoms with van der Waals surface area (Å²) >= 11 is 0. The van der Waals surface area contributed by atoms with Crippen molar-refractivity contribution >= 4 is 28.9 Å². The molecule has 0 unspecified atom stereocenters. The van der Waals surface area contributed by atoms with Gasteiger partial charge in [-0.2, -0.15) is 5.10 Å². The van der Waals surface area contributed by atoms with Crippen molar-refractivity contribution in [2.75, 3.05) is 21.3 Å². The zero-order valence-corrected chi connectivity index (χ0v) is 20.0. The van der Waals surface area contributed by atoms with Crippen LogP contribution in [-0.4, -0.2) is 39.4 Å². The molecule has 4 rings (SSSR count). The molecular weight excluding hydrogens is 460 g/mol. The minimum absolute atomic E-state index is 0.260. The van der Waals surface area contributed by atoms with Crippen molar-refractivity contribution in [2.24, 2.45) is 5.10 Å². The zero-order valence-electron chi connectivity index (χ0n) is 20.0. The van der Waals surface area contributed by atoms with Gasteiger partial charge in [0.15, 0.2) is 11.5 Å². The normalized spacial score (nSPS) is 10.8. The van der Waals surface area contributed by atoms with E-state index in [0.29, 0.717) is 34.1 Å². The minimum atomic E-state index is -0.498. The van der Waals surface area contributed by atoms with Crippen LogP contribution in [0.4, 0.5) is 0 Å². The van der Waals surface area contributed by atoms with Gasteiger partial charge in [-0.25, -0.2) is 10.2 Å². The predicted octanol–water partition coefficient (Wildman–Crippen LogP) is 4.85. The third-order valence-corrected chi connectivity index (χ3v) is 5.43. The van der Waals surface area contributed by atoms with E-state index in [1.807, 2.05) is 36.4 Å².